The van der Waals surface area contributed by atoms with E-state index in [1.54, 1.807) is 0 Å². The van der Waals surface area contributed by atoms with Gasteiger partial charge in [0, 0.05) is 31.1 Å². The van der Waals surface area contributed by atoms with E-state index in [1.807, 2.05) is 14.0 Å². The minimum absolute atomic E-state index is 0.646. The molecule has 0 atom stereocenters. The predicted octanol–water partition coefficient (Wildman–Crippen LogP) is 2.26. The number of rotatable bonds is 3. The molecule has 0 spiro atoms. The Labute approximate surface area is 107 Å². The van der Waals surface area contributed by atoms with Crippen LogP contribution in [-0.2, 0) is 13.6 Å². The van der Waals surface area contributed by atoms with Crippen molar-refractivity contribution in [2.75, 3.05) is 7.05 Å². The topological polar surface area (TPSA) is 42.7 Å². The molecule has 2 heterocycles. The normalized spacial score (nSPS) is 16.2. The second-order valence-electron chi connectivity index (χ2n) is 5.28. The van der Waals surface area contributed by atoms with Crippen molar-refractivity contribution in [2.24, 2.45) is 7.05 Å². The van der Waals surface area contributed by atoms with Gasteiger partial charge < -0.3 is 9.88 Å². The van der Waals surface area contributed by atoms with Gasteiger partial charge in [-0.05, 0) is 32.4 Å². The van der Waals surface area contributed by atoms with Crippen molar-refractivity contribution in [1.29, 1.82) is 0 Å². The third kappa shape index (κ3) is 1.72. The zero-order chi connectivity index (χ0) is 12.7. The summed E-state index contributed by atoms with van der Waals surface area (Å²) in [6.45, 7) is 2.87. The smallest absolute Gasteiger partial charge is 0.143 e. The number of hydrogen-bond donors (Lipinski definition) is 1. The Bertz CT molecular complexity index is 581. The van der Waals surface area contributed by atoms with E-state index in [9.17, 15) is 0 Å². The predicted molar refractivity (Wildman–Crippen MR) is 72.6 cm³/mol. The lowest BCUT2D eigenvalue weighted by Gasteiger charge is -2.25. The van der Waals surface area contributed by atoms with E-state index < -0.39 is 0 Å². The summed E-state index contributed by atoms with van der Waals surface area (Å²) < 4.78 is 2.12. The number of aryl methyl sites for hydroxylation is 2. The average Bonchev–Trinajstić information content (AvgIpc) is 2.54. The summed E-state index contributed by atoms with van der Waals surface area (Å²) in [6.07, 6.45) is 6.07. The summed E-state index contributed by atoms with van der Waals surface area (Å²) in [7, 11) is 4.05. The summed E-state index contributed by atoms with van der Waals surface area (Å²) in [6, 6.07) is 0. The third-order valence-corrected chi connectivity index (χ3v) is 3.89. The fourth-order valence-corrected chi connectivity index (χ4v) is 2.80. The first-order valence-electron chi connectivity index (χ1n) is 6.67. The average molecular weight is 244 g/mol. The molecule has 3 rings (SSSR count). The van der Waals surface area contributed by atoms with Gasteiger partial charge in [0.15, 0.2) is 0 Å². The van der Waals surface area contributed by atoms with Crippen LogP contribution in [0, 0.1) is 6.92 Å². The molecule has 1 N–H and O–H groups in total. The first-order valence-corrected chi connectivity index (χ1v) is 6.67. The summed E-state index contributed by atoms with van der Waals surface area (Å²) in [4.78, 5) is 9.33. The van der Waals surface area contributed by atoms with Crippen LogP contribution in [0.2, 0.25) is 0 Å². The number of nitrogens with zero attached hydrogens (tertiary/aromatic N) is 3. The molecule has 1 saturated carbocycles. The van der Waals surface area contributed by atoms with E-state index >= 15 is 0 Å². The minimum Gasteiger partial charge on any atom is -0.335 e. The van der Waals surface area contributed by atoms with Gasteiger partial charge in [0.05, 0.1) is 5.69 Å². The largest absolute Gasteiger partial charge is 0.335 e. The Morgan fingerprint density at radius 2 is 2.17 bits per heavy atom. The van der Waals surface area contributed by atoms with Gasteiger partial charge in [0.2, 0.25) is 0 Å². The maximum absolute atomic E-state index is 4.73. The molecular formula is C14H20N4. The molecule has 0 amide bonds. The molecule has 1 fully saturated rings. The second-order valence-corrected chi connectivity index (χ2v) is 5.28. The van der Waals surface area contributed by atoms with Crippen LogP contribution in [0.5, 0.6) is 0 Å². The molecule has 1 aliphatic rings. The van der Waals surface area contributed by atoms with Gasteiger partial charge in [-0.2, -0.15) is 0 Å². The number of aromatic nitrogens is 3. The van der Waals surface area contributed by atoms with Crippen LogP contribution in [0.15, 0.2) is 6.20 Å². The highest BCUT2D eigenvalue weighted by molar-refractivity contribution is 5.83. The molecule has 0 unspecified atom stereocenters. The molecule has 4 heteroatoms. The fraction of sp³-hybridized carbons (Fsp3) is 0.571. The summed E-state index contributed by atoms with van der Waals surface area (Å²) in [5, 5.41) is 4.52. The molecule has 1 aliphatic carbocycles. The minimum atomic E-state index is 0.646. The molecule has 2 aromatic heterocycles. The van der Waals surface area contributed by atoms with E-state index in [-0.39, 0.29) is 0 Å². The van der Waals surface area contributed by atoms with Gasteiger partial charge in [-0.25, -0.2) is 9.97 Å². The second kappa shape index (κ2) is 4.35. The summed E-state index contributed by atoms with van der Waals surface area (Å²) in [5.41, 5.74) is 3.67. The molecule has 0 saturated heterocycles. The van der Waals surface area contributed by atoms with Crippen molar-refractivity contribution in [2.45, 2.75) is 38.6 Å². The molecule has 0 aliphatic heterocycles. The molecule has 0 aromatic carbocycles. The van der Waals surface area contributed by atoms with Crippen molar-refractivity contribution < 1.29 is 0 Å². The van der Waals surface area contributed by atoms with E-state index in [0.29, 0.717) is 5.92 Å². The zero-order valence-electron chi connectivity index (χ0n) is 11.3. The zero-order valence-corrected chi connectivity index (χ0v) is 11.3. The van der Waals surface area contributed by atoms with Crippen LogP contribution >= 0.6 is 0 Å². The molecular weight excluding hydrogens is 224 g/mol. The van der Waals surface area contributed by atoms with Crippen molar-refractivity contribution in [3.05, 3.63) is 23.3 Å². The van der Waals surface area contributed by atoms with E-state index in [0.717, 1.165) is 18.0 Å². The van der Waals surface area contributed by atoms with Gasteiger partial charge in [0.1, 0.15) is 11.5 Å². The first-order chi connectivity index (χ1) is 8.70. The van der Waals surface area contributed by atoms with Gasteiger partial charge in [-0.3, -0.25) is 0 Å². The quantitative estimate of drug-likeness (QED) is 0.900. The van der Waals surface area contributed by atoms with E-state index in [1.165, 1.54) is 35.9 Å². The van der Waals surface area contributed by atoms with E-state index in [2.05, 4.69) is 28.1 Å². The Kier molecular flexibility index (Phi) is 2.82. The number of nitrogens with one attached hydrogen (secondary N) is 1. The maximum Gasteiger partial charge on any atom is 0.143 e. The summed E-state index contributed by atoms with van der Waals surface area (Å²) >= 11 is 0. The highest BCUT2D eigenvalue weighted by Gasteiger charge is 2.26. The Hall–Kier alpha value is -1.42. The fourth-order valence-electron chi connectivity index (χ4n) is 2.80. The molecule has 96 valence electrons. The van der Waals surface area contributed by atoms with Gasteiger partial charge >= 0.3 is 0 Å². The Balaban J connectivity index is 2.24. The van der Waals surface area contributed by atoms with Crippen molar-refractivity contribution in [3.63, 3.8) is 0 Å². The van der Waals surface area contributed by atoms with Crippen LogP contribution in [0.3, 0.4) is 0 Å². The number of hydrogen-bond acceptors (Lipinski definition) is 3. The molecule has 18 heavy (non-hydrogen) atoms. The molecule has 0 radical (unpaired) electrons. The highest BCUT2D eigenvalue weighted by atomic mass is 15.0. The molecule has 4 nitrogen and oxygen atoms in total. The summed E-state index contributed by atoms with van der Waals surface area (Å²) in [5.74, 6) is 1.54. The van der Waals surface area contributed by atoms with Gasteiger partial charge in [-0.15, -0.1) is 0 Å². The Morgan fingerprint density at radius 3 is 2.78 bits per heavy atom. The van der Waals surface area contributed by atoms with Crippen LogP contribution in [0.1, 0.15) is 42.3 Å². The van der Waals surface area contributed by atoms with Crippen molar-refractivity contribution in [3.8, 4) is 0 Å². The lowest BCUT2D eigenvalue weighted by Crippen LogP contribution is -2.13. The van der Waals surface area contributed by atoms with Crippen LogP contribution < -0.4 is 5.32 Å². The number of fused-ring (bicyclic) bond motifs is 1. The molecule has 2 aromatic rings. The lowest BCUT2D eigenvalue weighted by molar-refractivity contribution is 0.413. The van der Waals surface area contributed by atoms with Crippen LogP contribution in [-0.4, -0.2) is 21.6 Å². The monoisotopic (exact) mass is 244 g/mol. The van der Waals surface area contributed by atoms with Gasteiger partial charge in [-0.1, -0.05) is 6.42 Å². The SMILES string of the molecule is CNCc1cn(C)c2nc(C)nc(C3CCC3)c12. The van der Waals surface area contributed by atoms with Crippen LogP contribution in [0.4, 0.5) is 0 Å². The lowest BCUT2D eigenvalue weighted by atomic mass is 9.81. The van der Waals surface area contributed by atoms with Crippen LogP contribution in [0.25, 0.3) is 11.0 Å². The Morgan fingerprint density at radius 1 is 1.39 bits per heavy atom. The highest BCUT2D eigenvalue weighted by Crippen LogP contribution is 2.39. The van der Waals surface area contributed by atoms with E-state index in [4.69, 9.17) is 4.98 Å². The van der Waals surface area contributed by atoms with Crippen molar-refractivity contribution >= 4 is 11.0 Å². The molecule has 0 bridgehead atoms. The first kappa shape index (κ1) is 11.7. The standard InChI is InChI=1S/C14H20N4/c1-9-16-13(10-5-4-6-10)12-11(7-15-2)8-18(3)14(12)17-9/h8,10,15H,4-7H2,1-3H3. The van der Waals surface area contributed by atoms with Gasteiger partial charge in [0.25, 0.3) is 0 Å². The third-order valence-electron chi connectivity index (χ3n) is 3.89. The maximum atomic E-state index is 4.73. The van der Waals surface area contributed by atoms with Crippen molar-refractivity contribution in [1.82, 2.24) is 19.9 Å².